The van der Waals surface area contributed by atoms with Gasteiger partial charge in [0.15, 0.2) is 5.96 Å². The molecule has 1 rings (SSSR count). The van der Waals surface area contributed by atoms with Crippen LogP contribution in [0.1, 0.15) is 38.2 Å². The lowest BCUT2D eigenvalue weighted by atomic mass is 10.1. The lowest BCUT2D eigenvalue weighted by molar-refractivity contribution is -0.140. The van der Waals surface area contributed by atoms with Crippen LogP contribution < -0.4 is 10.6 Å². The molecule has 2 N–H and O–H groups in total. The van der Waals surface area contributed by atoms with Gasteiger partial charge in [-0.2, -0.15) is 0 Å². The Morgan fingerprint density at radius 1 is 1.21 bits per heavy atom. The van der Waals surface area contributed by atoms with Gasteiger partial charge in [0.05, 0.1) is 7.11 Å². The molecule has 0 atom stereocenters. The summed E-state index contributed by atoms with van der Waals surface area (Å²) in [4.78, 5) is 15.6. The number of carbonyl (C=O) groups is 1. The molecule has 0 aliphatic rings. The second kappa shape index (κ2) is 12.6. The normalized spacial score (nSPS) is 11.2. The number of halogens is 1. The molecule has 134 valence electrons. The summed E-state index contributed by atoms with van der Waals surface area (Å²) in [6, 6.07) is 7.87. The largest absolute Gasteiger partial charge is 0.469 e. The standard InChI is InChI=1S/C18H28ClN3O2/c1-3-20-18(21-13-8-4-5-11-17(23)24-2)22-14-12-15-9-6-7-10-16(15)19/h6-7,9-10H,3-5,8,11-14H2,1-2H3,(H2,20,21,22). The summed E-state index contributed by atoms with van der Waals surface area (Å²) in [5, 5.41) is 7.35. The third-order valence-electron chi connectivity index (χ3n) is 3.53. The molecule has 0 spiro atoms. The third-order valence-corrected chi connectivity index (χ3v) is 3.89. The second-order valence-electron chi connectivity index (χ2n) is 5.42. The highest BCUT2D eigenvalue weighted by molar-refractivity contribution is 6.31. The van der Waals surface area contributed by atoms with Crippen molar-refractivity contribution in [2.24, 2.45) is 4.99 Å². The molecular formula is C18H28ClN3O2. The number of rotatable bonds is 10. The summed E-state index contributed by atoms with van der Waals surface area (Å²) in [6.07, 6.45) is 4.11. The Labute approximate surface area is 149 Å². The van der Waals surface area contributed by atoms with Crippen molar-refractivity contribution in [3.05, 3.63) is 34.9 Å². The van der Waals surface area contributed by atoms with Gasteiger partial charge < -0.3 is 15.4 Å². The first-order valence-electron chi connectivity index (χ1n) is 8.49. The van der Waals surface area contributed by atoms with Crippen LogP contribution in [0, 0.1) is 0 Å². The van der Waals surface area contributed by atoms with Crippen LogP contribution in [0.3, 0.4) is 0 Å². The van der Waals surface area contributed by atoms with E-state index in [2.05, 4.69) is 20.4 Å². The SMILES string of the molecule is CCNC(=NCCCCCC(=O)OC)NCCc1ccccc1Cl. The van der Waals surface area contributed by atoms with Crippen LogP contribution in [-0.4, -0.2) is 38.7 Å². The first-order chi connectivity index (χ1) is 11.7. The number of nitrogens with one attached hydrogen (secondary N) is 2. The maximum absolute atomic E-state index is 11.0. The van der Waals surface area contributed by atoms with E-state index in [1.807, 2.05) is 31.2 Å². The molecule has 0 saturated carbocycles. The number of hydrogen-bond donors (Lipinski definition) is 2. The fourth-order valence-electron chi connectivity index (χ4n) is 2.21. The van der Waals surface area contributed by atoms with Crippen molar-refractivity contribution in [3.8, 4) is 0 Å². The Bertz CT molecular complexity index is 521. The summed E-state index contributed by atoms with van der Waals surface area (Å²) in [6.45, 7) is 4.38. The highest BCUT2D eigenvalue weighted by Crippen LogP contribution is 2.14. The molecule has 0 aliphatic heterocycles. The van der Waals surface area contributed by atoms with E-state index in [1.165, 1.54) is 7.11 Å². The molecule has 0 bridgehead atoms. The van der Waals surface area contributed by atoms with Crippen LogP contribution >= 0.6 is 11.6 Å². The maximum atomic E-state index is 11.0. The fourth-order valence-corrected chi connectivity index (χ4v) is 2.44. The molecule has 0 saturated heterocycles. The second-order valence-corrected chi connectivity index (χ2v) is 5.82. The minimum Gasteiger partial charge on any atom is -0.469 e. The van der Waals surface area contributed by atoms with Crippen molar-refractivity contribution < 1.29 is 9.53 Å². The zero-order valence-electron chi connectivity index (χ0n) is 14.6. The Hall–Kier alpha value is -1.75. The van der Waals surface area contributed by atoms with Crippen molar-refractivity contribution in [1.29, 1.82) is 0 Å². The molecule has 0 amide bonds. The first-order valence-corrected chi connectivity index (χ1v) is 8.87. The number of benzene rings is 1. The number of methoxy groups -OCH3 is 1. The van der Waals surface area contributed by atoms with E-state index >= 15 is 0 Å². The number of esters is 1. The van der Waals surface area contributed by atoms with Crippen LogP contribution in [-0.2, 0) is 16.0 Å². The number of aliphatic imine (C=N–C) groups is 1. The minimum atomic E-state index is -0.145. The highest BCUT2D eigenvalue weighted by atomic mass is 35.5. The van der Waals surface area contributed by atoms with Gasteiger partial charge >= 0.3 is 5.97 Å². The van der Waals surface area contributed by atoms with Gasteiger partial charge in [0.1, 0.15) is 0 Å². The maximum Gasteiger partial charge on any atom is 0.305 e. The number of ether oxygens (including phenoxy) is 1. The molecule has 0 radical (unpaired) electrons. The molecule has 24 heavy (non-hydrogen) atoms. The number of hydrogen-bond acceptors (Lipinski definition) is 3. The third kappa shape index (κ3) is 8.77. The molecule has 0 fully saturated rings. The van der Waals surface area contributed by atoms with Gasteiger partial charge in [0.25, 0.3) is 0 Å². The van der Waals surface area contributed by atoms with Gasteiger partial charge in [-0.3, -0.25) is 9.79 Å². The number of carbonyl (C=O) groups excluding carboxylic acids is 1. The number of unbranched alkanes of at least 4 members (excludes halogenated alkanes) is 2. The average molecular weight is 354 g/mol. The average Bonchev–Trinajstić information content (AvgIpc) is 2.59. The Balaban J connectivity index is 2.27. The minimum absolute atomic E-state index is 0.145. The molecule has 0 heterocycles. The molecule has 1 aromatic rings. The highest BCUT2D eigenvalue weighted by Gasteiger charge is 2.01. The van der Waals surface area contributed by atoms with Gasteiger partial charge in [-0.25, -0.2) is 0 Å². The molecule has 0 aromatic heterocycles. The fraction of sp³-hybridized carbons (Fsp3) is 0.556. The van der Waals surface area contributed by atoms with Gasteiger partial charge in [-0.1, -0.05) is 36.2 Å². The van der Waals surface area contributed by atoms with E-state index in [1.54, 1.807) is 0 Å². The summed E-state index contributed by atoms with van der Waals surface area (Å²) in [7, 11) is 1.42. The summed E-state index contributed by atoms with van der Waals surface area (Å²) in [5.74, 6) is 0.672. The number of nitrogens with zero attached hydrogens (tertiary/aromatic N) is 1. The van der Waals surface area contributed by atoms with Crippen molar-refractivity contribution >= 4 is 23.5 Å². The van der Waals surface area contributed by atoms with Crippen molar-refractivity contribution in [2.45, 2.75) is 39.0 Å². The van der Waals surface area contributed by atoms with Crippen molar-refractivity contribution in [1.82, 2.24) is 10.6 Å². The monoisotopic (exact) mass is 353 g/mol. The predicted molar refractivity (Wildman–Crippen MR) is 99.6 cm³/mol. The molecule has 0 unspecified atom stereocenters. The van der Waals surface area contributed by atoms with E-state index in [0.29, 0.717) is 6.42 Å². The topological polar surface area (TPSA) is 62.7 Å². The summed E-state index contributed by atoms with van der Waals surface area (Å²) >= 11 is 6.16. The Morgan fingerprint density at radius 3 is 2.71 bits per heavy atom. The van der Waals surface area contributed by atoms with Crippen LogP contribution in [0.2, 0.25) is 5.02 Å². The van der Waals surface area contributed by atoms with E-state index in [4.69, 9.17) is 11.6 Å². The Kier molecular flexibility index (Phi) is 10.7. The van der Waals surface area contributed by atoms with Crippen molar-refractivity contribution in [3.63, 3.8) is 0 Å². The van der Waals surface area contributed by atoms with E-state index < -0.39 is 0 Å². The smallest absolute Gasteiger partial charge is 0.305 e. The number of guanidine groups is 1. The predicted octanol–water partition coefficient (Wildman–Crippen LogP) is 3.17. The van der Waals surface area contributed by atoms with E-state index in [0.717, 1.165) is 61.9 Å². The zero-order valence-corrected chi connectivity index (χ0v) is 15.4. The first kappa shape index (κ1) is 20.3. The van der Waals surface area contributed by atoms with E-state index in [9.17, 15) is 4.79 Å². The van der Waals surface area contributed by atoms with Gasteiger partial charge in [-0.15, -0.1) is 0 Å². The van der Waals surface area contributed by atoms with E-state index in [-0.39, 0.29) is 5.97 Å². The van der Waals surface area contributed by atoms with Gasteiger partial charge in [-0.05, 0) is 37.8 Å². The van der Waals surface area contributed by atoms with Gasteiger partial charge in [0, 0.05) is 31.1 Å². The molecule has 0 aliphatic carbocycles. The van der Waals surface area contributed by atoms with Crippen LogP contribution in [0.15, 0.2) is 29.3 Å². The summed E-state index contributed by atoms with van der Waals surface area (Å²) < 4.78 is 4.62. The Morgan fingerprint density at radius 2 is 2.00 bits per heavy atom. The lowest BCUT2D eigenvalue weighted by Gasteiger charge is -2.11. The van der Waals surface area contributed by atoms with Crippen LogP contribution in [0.25, 0.3) is 0 Å². The molecular weight excluding hydrogens is 326 g/mol. The summed E-state index contributed by atoms with van der Waals surface area (Å²) in [5.41, 5.74) is 1.13. The van der Waals surface area contributed by atoms with Crippen LogP contribution in [0.5, 0.6) is 0 Å². The molecule has 1 aromatic carbocycles. The molecule has 6 heteroatoms. The lowest BCUT2D eigenvalue weighted by Crippen LogP contribution is -2.38. The van der Waals surface area contributed by atoms with Crippen LogP contribution in [0.4, 0.5) is 0 Å². The van der Waals surface area contributed by atoms with Gasteiger partial charge in [0.2, 0.25) is 0 Å². The molecule has 5 nitrogen and oxygen atoms in total. The quantitative estimate of drug-likeness (QED) is 0.293. The zero-order chi connectivity index (χ0) is 17.6. The van der Waals surface area contributed by atoms with Crippen molar-refractivity contribution in [2.75, 3.05) is 26.7 Å².